The number of likely N-dealkylation sites (N-methyl/N-ethyl adjacent to an activating group) is 1. The first-order valence-corrected chi connectivity index (χ1v) is 19.7. The Hall–Kier alpha value is -5.40. The van der Waals surface area contributed by atoms with Crippen LogP contribution in [0, 0.1) is 24.3 Å². The Labute approximate surface area is 331 Å². The van der Waals surface area contributed by atoms with E-state index in [0.717, 1.165) is 104 Å². The van der Waals surface area contributed by atoms with Gasteiger partial charge in [-0.15, -0.1) is 0 Å². The van der Waals surface area contributed by atoms with Crippen LogP contribution in [0.5, 0.6) is 0 Å². The van der Waals surface area contributed by atoms with E-state index in [4.69, 9.17) is 28.1 Å². The maximum atomic E-state index is 6.66. The minimum Gasteiger partial charge on any atom is -0.392 e. The number of nitrogens with zero attached hydrogens (tertiary/aromatic N) is 7. The average molecular weight is 757 g/mol. The molecule has 4 aromatic rings. The van der Waals surface area contributed by atoms with E-state index in [-0.39, 0.29) is 0 Å². The van der Waals surface area contributed by atoms with Gasteiger partial charge in [-0.05, 0) is 86.3 Å². The largest absolute Gasteiger partial charge is 0.392 e. The molecule has 0 amide bonds. The molecule has 5 heterocycles. The van der Waals surface area contributed by atoms with Gasteiger partial charge >= 0.3 is 0 Å². The number of hydrogen-bond donors (Lipinski definition) is 3. The van der Waals surface area contributed by atoms with Gasteiger partial charge < -0.3 is 30.7 Å². The fourth-order valence-corrected chi connectivity index (χ4v) is 8.42. The van der Waals surface area contributed by atoms with Crippen LogP contribution in [0.2, 0.25) is 5.02 Å². The van der Waals surface area contributed by atoms with Crippen LogP contribution < -0.4 is 30.7 Å². The minimum atomic E-state index is 0.291. The van der Waals surface area contributed by atoms with Crippen molar-refractivity contribution < 1.29 is 0 Å². The molecule has 286 valence electrons. The molecule has 2 fully saturated rings. The lowest BCUT2D eigenvalue weighted by Gasteiger charge is -2.47. The number of halogens is 1. The number of hydrogen-bond acceptors (Lipinski definition) is 9. The predicted octanol–water partition coefficient (Wildman–Crippen LogP) is 8.55. The summed E-state index contributed by atoms with van der Waals surface area (Å²) >= 11 is 6.66. The van der Waals surface area contributed by atoms with Gasteiger partial charge in [0.1, 0.15) is 5.02 Å². The first-order valence-electron chi connectivity index (χ1n) is 19.3. The topological polar surface area (TPSA) is 89.4 Å². The number of anilines is 5. The molecule has 3 N–H and O–H groups in total. The molecule has 2 aromatic carbocycles. The molecule has 3 aliphatic heterocycles. The van der Waals surface area contributed by atoms with Crippen LogP contribution in [0.1, 0.15) is 62.6 Å². The first-order chi connectivity index (χ1) is 26.5. The molecule has 0 aliphatic carbocycles. The molecule has 10 nitrogen and oxygen atoms in total. The molecule has 0 saturated carbocycles. The van der Waals surface area contributed by atoms with Crippen molar-refractivity contribution in [1.82, 2.24) is 30.4 Å². The highest BCUT2D eigenvalue weighted by molar-refractivity contribution is 6.32. The van der Waals surface area contributed by atoms with Crippen molar-refractivity contribution in [2.75, 3.05) is 60.3 Å². The van der Waals surface area contributed by atoms with Crippen LogP contribution in [0.4, 0.5) is 28.8 Å². The summed E-state index contributed by atoms with van der Waals surface area (Å²) < 4.78 is 2.06. The van der Waals surface area contributed by atoms with E-state index in [9.17, 15) is 0 Å². The first kappa shape index (κ1) is 37.9. The molecule has 2 saturated heterocycles. The Kier molecular flexibility index (Phi) is 11.1. The molecular formula is C44H53ClN10. The number of terminal acetylenes is 1. The molecule has 0 bridgehead atoms. The van der Waals surface area contributed by atoms with Gasteiger partial charge in [-0.25, -0.2) is 4.98 Å². The quantitative estimate of drug-likeness (QED) is 0.0866. The number of aryl methyl sites for hydroxylation is 1. The van der Waals surface area contributed by atoms with E-state index in [1.54, 1.807) is 6.20 Å². The van der Waals surface area contributed by atoms with Crippen LogP contribution in [0.3, 0.4) is 0 Å². The van der Waals surface area contributed by atoms with Gasteiger partial charge in [0, 0.05) is 98.7 Å². The molecule has 7 rings (SSSR count). The van der Waals surface area contributed by atoms with Crippen molar-refractivity contribution in [2.24, 2.45) is 18.9 Å². The average Bonchev–Trinajstić information content (AvgIpc) is 3.52. The van der Waals surface area contributed by atoms with E-state index in [1.165, 1.54) is 22.2 Å². The van der Waals surface area contributed by atoms with Gasteiger partial charge in [0.05, 0.1) is 23.1 Å². The lowest BCUT2D eigenvalue weighted by molar-refractivity contribution is 0.230. The van der Waals surface area contributed by atoms with Gasteiger partial charge in [0.2, 0.25) is 5.95 Å². The zero-order valence-corrected chi connectivity index (χ0v) is 33.4. The van der Waals surface area contributed by atoms with Crippen molar-refractivity contribution in [2.45, 2.75) is 51.4 Å². The van der Waals surface area contributed by atoms with Crippen LogP contribution in [-0.2, 0) is 7.05 Å². The van der Waals surface area contributed by atoms with Crippen molar-refractivity contribution in [3.05, 3.63) is 101 Å². The molecule has 55 heavy (non-hydrogen) atoms. The Morgan fingerprint density at radius 1 is 1.04 bits per heavy atom. The second kappa shape index (κ2) is 16.1. The number of para-hydroxylation sites is 1. The molecule has 1 atom stereocenters. The maximum Gasteiger partial charge on any atom is 0.227 e. The number of benzene rings is 2. The fraction of sp³-hybridized carbons (Fsp3) is 0.386. The normalized spacial score (nSPS) is 16.6. The molecule has 2 aromatic heterocycles. The van der Waals surface area contributed by atoms with Gasteiger partial charge in [0.25, 0.3) is 0 Å². The Bertz CT molecular complexity index is 2180. The van der Waals surface area contributed by atoms with E-state index < -0.39 is 0 Å². The Morgan fingerprint density at radius 2 is 1.82 bits per heavy atom. The van der Waals surface area contributed by atoms with Crippen molar-refractivity contribution in [1.29, 1.82) is 0 Å². The van der Waals surface area contributed by atoms with E-state index in [1.807, 2.05) is 7.05 Å². The third-order valence-electron chi connectivity index (χ3n) is 11.7. The molecule has 3 aliphatic rings. The lowest BCUT2D eigenvalue weighted by Crippen LogP contribution is -2.52. The lowest BCUT2D eigenvalue weighted by atomic mass is 9.79. The van der Waals surface area contributed by atoms with Crippen molar-refractivity contribution in [3.63, 3.8) is 0 Å². The second-order valence-corrected chi connectivity index (χ2v) is 15.7. The second-order valence-electron chi connectivity index (χ2n) is 15.3. The standard InChI is InChI=1S/C44H53ClN10/c1-9-47-30(4)14-13-28(2)41-37-11-10-12-40(42(37)53(8)51-41)55-26-35(27-55)32-19-21-54(22-20-32)44-48-25-38(45)43(50-44)49-36-17-18-39-34(24-36)23-33(31(5)52(39)7)16-15-29(3)46-6/h1,10-12,17-18,23-25,28,32,35,46-47H,3-5,13-16,19-22,26-27H2,2,6-8H3,(H,48,49,50). The van der Waals surface area contributed by atoms with Crippen LogP contribution >= 0.6 is 11.6 Å². The smallest absolute Gasteiger partial charge is 0.227 e. The van der Waals surface area contributed by atoms with E-state index >= 15 is 0 Å². The van der Waals surface area contributed by atoms with Gasteiger partial charge in [-0.2, -0.15) is 10.1 Å². The molecule has 11 heteroatoms. The number of allylic oxidation sites excluding steroid dienone is 3. The van der Waals surface area contributed by atoms with Crippen molar-refractivity contribution in [3.8, 4) is 12.5 Å². The number of piperidine rings is 1. The van der Waals surface area contributed by atoms with Crippen LogP contribution in [0.25, 0.3) is 17.0 Å². The summed E-state index contributed by atoms with van der Waals surface area (Å²) in [6, 6.07) is 15.4. The van der Waals surface area contributed by atoms with Crippen LogP contribution in [0.15, 0.2) is 85.0 Å². The number of aromatic nitrogens is 4. The maximum absolute atomic E-state index is 6.66. The van der Waals surface area contributed by atoms with E-state index in [0.29, 0.717) is 34.5 Å². The summed E-state index contributed by atoms with van der Waals surface area (Å²) in [4.78, 5) is 16.6. The fourth-order valence-electron chi connectivity index (χ4n) is 8.28. The third-order valence-corrected chi connectivity index (χ3v) is 12.0. The SMILES string of the molecule is C#CNC(=C)CCC(C)c1nn(C)c2c(N3CC(C4CCN(c5ncc(Cl)c(Nc6ccc7c(c6)C=C(CCC(=C)NC)C(=C)N7C)n5)CC4)C3)cccc12. The highest BCUT2D eigenvalue weighted by Gasteiger charge is 2.37. The number of rotatable bonds is 14. The highest BCUT2D eigenvalue weighted by Crippen LogP contribution is 2.41. The zero-order valence-electron chi connectivity index (χ0n) is 32.6. The van der Waals surface area contributed by atoms with Gasteiger partial charge in [-0.1, -0.05) is 56.8 Å². The third kappa shape index (κ3) is 7.90. The molecule has 0 spiro atoms. The predicted molar refractivity (Wildman–Crippen MR) is 230 cm³/mol. The number of nitrogens with one attached hydrogen (secondary N) is 3. The Morgan fingerprint density at radius 3 is 2.56 bits per heavy atom. The Balaban J connectivity index is 0.961. The molecule has 0 radical (unpaired) electrons. The monoisotopic (exact) mass is 756 g/mol. The molecule has 1 unspecified atom stereocenters. The highest BCUT2D eigenvalue weighted by atomic mass is 35.5. The summed E-state index contributed by atoms with van der Waals surface area (Å²) in [7, 11) is 6.04. The summed E-state index contributed by atoms with van der Waals surface area (Å²) in [6.07, 6.45) is 15.0. The van der Waals surface area contributed by atoms with E-state index in [2.05, 4.69) is 130 Å². The summed E-state index contributed by atoms with van der Waals surface area (Å²) in [6.45, 7) is 18.7. The minimum absolute atomic E-state index is 0.291. The molecular weight excluding hydrogens is 704 g/mol. The zero-order chi connectivity index (χ0) is 38.8. The summed E-state index contributed by atoms with van der Waals surface area (Å²) in [5.74, 6) is 2.95. The summed E-state index contributed by atoms with van der Waals surface area (Å²) in [5, 5.41) is 16.2. The van der Waals surface area contributed by atoms with Crippen molar-refractivity contribution >= 4 is 57.4 Å². The van der Waals surface area contributed by atoms with Gasteiger partial charge in [0.15, 0.2) is 5.82 Å². The number of fused-ring (bicyclic) bond motifs is 2. The summed E-state index contributed by atoms with van der Waals surface area (Å²) in [5.41, 5.74) is 10.9. The van der Waals surface area contributed by atoms with Crippen LogP contribution in [-0.4, -0.2) is 60.0 Å². The van der Waals surface area contributed by atoms with Gasteiger partial charge in [-0.3, -0.25) is 4.68 Å².